The smallest absolute Gasteiger partial charge is 0.236 e. The van der Waals surface area contributed by atoms with E-state index >= 15 is 0 Å². The second-order valence-electron chi connectivity index (χ2n) is 6.55. The molecule has 0 spiro atoms. The first-order valence-electron chi connectivity index (χ1n) is 7.82. The normalized spacial score (nSPS) is 30.6. The summed E-state index contributed by atoms with van der Waals surface area (Å²) in [6.45, 7) is 8.72. The van der Waals surface area contributed by atoms with Crippen LogP contribution in [-0.4, -0.2) is 54.5 Å². The quantitative estimate of drug-likeness (QED) is 0.838. The molecule has 0 bridgehead atoms. The van der Waals surface area contributed by atoms with E-state index in [2.05, 4.69) is 18.7 Å². The molecule has 2 rings (SSSR count). The van der Waals surface area contributed by atoms with Gasteiger partial charge in [-0.05, 0) is 44.1 Å². The lowest BCUT2D eigenvalue weighted by molar-refractivity contribution is -0.134. The molecule has 0 radical (unpaired) electrons. The minimum Gasteiger partial charge on any atom is -0.342 e. The molecule has 2 heterocycles. The van der Waals surface area contributed by atoms with E-state index in [1.54, 1.807) is 0 Å². The van der Waals surface area contributed by atoms with E-state index in [-0.39, 0.29) is 0 Å². The molecular weight excluding hydrogens is 238 g/mol. The summed E-state index contributed by atoms with van der Waals surface area (Å²) < 4.78 is 0. The van der Waals surface area contributed by atoms with E-state index in [1.807, 2.05) is 4.90 Å². The number of amides is 1. The molecule has 110 valence electrons. The van der Waals surface area contributed by atoms with Crippen molar-refractivity contribution in [2.75, 3.05) is 32.7 Å². The molecule has 2 saturated heterocycles. The average Bonchev–Trinajstić information content (AvgIpc) is 2.41. The van der Waals surface area contributed by atoms with Crippen LogP contribution in [0.2, 0.25) is 0 Å². The van der Waals surface area contributed by atoms with Crippen molar-refractivity contribution in [1.29, 1.82) is 0 Å². The lowest BCUT2D eigenvalue weighted by Gasteiger charge is -2.39. The first kappa shape index (κ1) is 14.8. The van der Waals surface area contributed by atoms with Crippen LogP contribution in [0.1, 0.15) is 39.5 Å². The zero-order valence-corrected chi connectivity index (χ0v) is 12.5. The molecular formula is C15H29N3O. The third-order valence-electron chi connectivity index (χ3n) is 4.85. The Bertz CT molecular complexity index is 300. The van der Waals surface area contributed by atoms with E-state index in [9.17, 15) is 4.79 Å². The van der Waals surface area contributed by atoms with Gasteiger partial charge in [-0.25, -0.2) is 0 Å². The summed E-state index contributed by atoms with van der Waals surface area (Å²) in [5.41, 5.74) is 5.86. The number of piperidine rings is 2. The van der Waals surface area contributed by atoms with Crippen LogP contribution in [0, 0.1) is 11.8 Å². The van der Waals surface area contributed by atoms with Gasteiger partial charge in [0.2, 0.25) is 5.91 Å². The van der Waals surface area contributed by atoms with Crippen molar-refractivity contribution in [3.8, 4) is 0 Å². The van der Waals surface area contributed by atoms with E-state index in [1.165, 1.54) is 6.42 Å². The Hall–Kier alpha value is -0.610. The van der Waals surface area contributed by atoms with Gasteiger partial charge in [0.05, 0.1) is 6.54 Å². The standard InChI is InChI=1S/C15H29N3O/c1-12-3-6-17(7-4-12)15(19)11-18-8-5-13(2)9-14(18)10-16/h12-14H,3-11,16H2,1-2H3. The molecule has 0 aromatic heterocycles. The molecule has 4 heteroatoms. The van der Waals surface area contributed by atoms with Crippen molar-refractivity contribution in [2.45, 2.75) is 45.6 Å². The Morgan fingerprint density at radius 2 is 1.74 bits per heavy atom. The summed E-state index contributed by atoms with van der Waals surface area (Å²) >= 11 is 0. The second-order valence-corrected chi connectivity index (χ2v) is 6.55. The topological polar surface area (TPSA) is 49.6 Å². The highest BCUT2D eigenvalue weighted by Crippen LogP contribution is 2.22. The fourth-order valence-corrected chi connectivity index (χ4v) is 3.29. The highest BCUT2D eigenvalue weighted by molar-refractivity contribution is 5.78. The molecule has 2 atom stereocenters. The molecule has 2 N–H and O–H groups in total. The summed E-state index contributed by atoms with van der Waals surface area (Å²) in [6, 6.07) is 0.399. The monoisotopic (exact) mass is 267 g/mol. The highest BCUT2D eigenvalue weighted by atomic mass is 16.2. The lowest BCUT2D eigenvalue weighted by Crippen LogP contribution is -2.51. The molecule has 0 aromatic rings. The number of nitrogens with two attached hydrogens (primary N) is 1. The number of likely N-dealkylation sites (tertiary alicyclic amines) is 2. The van der Waals surface area contributed by atoms with E-state index in [4.69, 9.17) is 5.73 Å². The van der Waals surface area contributed by atoms with E-state index in [0.29, 0.717) is 25.0 Å². The fraction of sp³-hybridized carbons (Fsp3) is 0.933. The van der Waals surface area contributed by atoms with Gasteiger partial charge in [0.25, 0.3) is 0 Å². The average molecular weight is 267 g/mol. The van der Waals surface area contributed by atoms with Crippen LogP contribution in [0.15, 0.2) is 0 Å². The van der Waals surface area contributed by atoms with Gasteiger partial charge in [0.1, 0.15) is 0 Å². The third kappa shape index (κ3) is 3.93. The van der Waals surface area contributed by atoms with Crippen LogP contribution >= 0.6 is 0 Å². The number of rotatable bonds is 3. The number of hydrogen-bond donors (Lipinski definition) is 1. The highest BCUT2D eigenvalue weighted by Gasteiger charge is 2.29. The zero-order valence-electron chi connectivity index (χ0n) is 12.5. The first-order chi connectivity index (χ1) is 9.10. The maximum absolute atomic E-state index is 12.4. The molecule has 2 fully saturated rings. The SMILES string of the molecule is CC1CCN(C(=O)CN2CCC(C)CC2CN)CC1. The minimum absolute atomic E-state index is 0.305. The molecule has 4 nitrogen and oxygen atoms in total. The summed E-state index contributed by atoms with van der Waals surface area (Å²) in [6.07, 6.45) is 4.65. The van der Waals surface area contributed by atoms with Gasteiger partial charge in [-0.1, -0.05) is 13.8 Å². The fourth-order valence-electron chi connectivity index (χ4n) is 3.29. The van der Waals surface area contributed by atoms with E-state index in [0.717, 1.165) is 50.7 Å². The van der Waals surface area contributed by atoms with Crippen LogP contribution in [0.5, 0.6) is 0 Å². The van der Waals surface area contributed by atoms with Crippen LogP contribution in [-0.2, 0) is 4.79 Å². The van der Waals surface area contributed by atoms with Gasteiger partial charge in [-0.2, -0.15) is 0 Å². The van der Waals surface area contributed by atoms with Gasteiger partial charge < -0.3 is 10.6 Å². The molecule has 1 amide bonds. The van der Waals surface area contributed by atoms with Crippen molar-refractivity contribution in [2.24, 2.45) is 17.6 Å². The number of nitrogens with zero attached hydrogens (tertiary/aromatic N) is 2. The maximum atomic E-state index is 12.4. The largest absolute Gasteiger partial charge is 0.342 e. The molecule has 2 unspecified atom stereocenters. The van der Waals surface area contributed by atoms with Crippen LogP contribution in [0.4, 0.5) is 0 Å². The Morgan fingerprint density at radius 1 is 1.11 bits per heavy atom. The molecule has 0 aromatic carbocycles. The zero-order chi connectivity index (χ0) is 13.8. The number of carbonyl (C=O) groups excluding carboxylic acids is 1. The van der Waals surface area contributed by atoms with Crippen LogP contribution in [0.25, 0.3) is 0 Å². The van der Waals surface area contributed by atoms with Gasteiger partial charge in [-0.3, -0.25) is 9.69 Å². The van der Waals surface area contributed by atoms with Crippen molar-refractivity contribution >= 4 is 5.91 Å². The van der Waals surface area contributed by atoms with Gasteiger partial charge in [0.15, 0.2) is 0 Å². The number of hydrogen-bond acceptors (Lipinski definition) is 3. The van der Waals surface area contributed by atoms with Crippen LogP contribution in [0.3, 0.4) is 0 Å². The number of carbonyl (C=O) groups is 1. The maximum Gasteiger partial charge on any atom is 0.236 e. The van der Waals surface area contributed by atoms with Crippen molar-refractivity contribution < 1.29 is 4.79 Å². The summed E-state index contributed by atoms with van der Waals surface area (Å²) in [5.74, 6) is 1.83. The predicted molar refractivity (Wildman–Crippen MR) is 77.8 cm³/mol. The van der Waals surface area contributed by atoms with E-state index < -0.39 is 0 Å². The Balaban J connectivity index is 1.84. The van der Waals surface area contributed by atoms with Crippen molar-refractivity contribution in [3.05, 3.63) is 0 Å². The Morgan fingerprint density at radius 3 is 2.37 bits per heavy atom. The summed E-state index contributed by atoms with van der Waals surface area (Å²) in [5, 5.41) is 0. The lowest BCUT2D eigenvalue weighted by atomic mass is 9.92. The van der Waals surface area contributed by atoms with Gasteiger partial charge >= 0.3 is 0 Å². The van der Waals surface area contributed by atoms with Gasteiger partial charge in [-0.15, -0.1) is 0 Å². The van der Waals surface area contributed by atoms with Crippen molar-refractivity contribution in [3.63, 3.8) is 0 Å². The van der Waals surface area contributed by atoms with Crippen molar-refractivity contribution in [1.82, 2.24) is 9.80 Å². The molecule has 2 aliphatic rings. The second kappa shape index (κ2) is 6.71. The molecule has 19 heavy (non-hydrogen) atoms. The summed E-state index contributed by atoms with van der Waals surface area (Å²) in [4.78, 5) is 16.7. The predicted octanol–water partition coefficient (Wildman–Crippen LogP) is 1.30. The minimum atomic E-state index is 0.305. The summed E-state index contributed by atoms with van der Waals surface area (Å²) in [7, 11) is 0. The third-order valence-corrected chi connectivity index (χ3v) is 4.85. The first-order valence-corrected chi connectivity index (χ1v) is 7.82. The molecule has 0 saturated carbocycles. The van der Waals surface area contributed by atoms with Crippen LogP contribution < -0.4 is 5.73 Å². The Labute approximate surface area is 117 Å². The molecule has 0 aliphatic carbocycles. The Kier molecular flexibility index (Phi) is 5.22. The van der Waals surface area contributed by atoms with Gasteiger partial charge in [0, 0.05) is 25.7 Å². The molecule has 2 aliphatic heterocycles.